The Labute approximate surface area is 161 Å². The van der Waals surface area contributed by atoms with Crippen LogP contribution in [0.3, 0.4) is 0 Å². The fourth-order valence-corrected chi connectivity index (χ4v) is 2.20. The molecule has 0 aromatic rings. The van der Waals surface area contributed by atoms with Gasteiger partial charge in [-0.05, 0) is 0 Å². The second-order valence-corrected chi connectivity index (χ2v) is 7.08. The fourth-order valence-electron chi connectivity index (χ4n) is 2.20. The predicted octanol–water partition coefficient (Wildman–Crippen LogP) is 3.62. The van der Waals surface area contributed by atoms with Crippen molar-refractivity contribution >= 4 is 10.4 Å². The minimum absolute atomic E-state index is 0.139. The van der Waals surface area contributed by atoms with Gasteiger partial charge in [-0.25, -0.2) is 0 Å². The average molecular weight is 402 g/mol. The van der Waals surface area contributed by atoms with E-state index in [0.717, 1.165) is 0 Å². The second-order valence-electron chi connectivity index (χ2n) is 6.18. The zero-order chi connectivity index (χ0) is 20.5. The molecule has 0 saturated heterocycles. The molecule has 0 amide bonds. The third-order valence-corrected chi connectivity index (χ3v) is 3.53. The topological polar surface area (TPSA) is 127 Å². The van der Waals surface area contributed by atoms with Crippen molar-refractivity contribution in [2.24, 2.45) is 0 Å². The number of hydrogen-bond donors (Lipinski definition) is 5. The van der Waals surface area contributed by atoms with Gasteiger partial charge in [0.15, 0.2) is 0 Å². The molecule has 0 atom stereocenters. The van der Waals surface area contributed by atoms with E-state index in [0.29, 0.717) is 13.1 Å². The van der Waals surface area contributed by atoms with Crippen LogP contribution >= 0.6 is 0 Å². The van der Waals surface area contributed by atoms with Crippen molar-refractivity contribution < 1.29 is 27.7 Å². The largest absolute Gasteiger partial charge is 0.395 e. The molecule has 0 fully saturated rings. The van der Waals surface area contributed by atoms with Crippen LogP contribution in [-0.4, -0.2) is 54.0 Å². The maximum atomic E-state index is 8.74. The molecule has 0 spiro atoms. The Bertz CT molecular complexity index is 302. The maximum absolute atomic E-state index is 8.74. The number of unbranched alkanes of at least 4 members (excludes halogenated alkanes) is 11. The molecule has 162 valence electrons. The minimum atomic E-state index is -4.67. The molecular formula is C18H43NO6S. The molecule has 7 nitrogen and oxygen atoms in total. The minimum Gasteiger partial charge on any atom is -0.395 e. The summed E-state index contributed by atoms with van der Waals surface area (Å²) in [5.41, 5.74) is 0. The number of hydrogen-bond acceptors (Lipinski definition) is 5. The molecule has 8 heteroatoms. The quantitative estimate of drug-likeness (QED) is 0.209. The van der Waals surface area contributed by atoms with Crippen LogP contribution in [0.2, 0.25) is 0 Å². The summed E-state index contributed by atoms with van der Waals surface area (Å²) in [5.74, 6) is 0. The Morgan fingerprint density at radius 3 is 1.04 bits per heavy atom. The predicted molar refractivity (Wildman–Crippen MR) is 108 cm³/mol. The molecule has 0 saturated carbocycles. The molecule has 0 aromatic carbocycles. The van der Waals surface area contributed by atoms with E-state index in [-0.39, 0.29) is 13.2 Å². The summed E-state index contributed by atoms with van der Waals surface area (Å²) in [4.78, 5) is 0. The van der Waals surface area contributed by atoms with Crippen molar-refractivity contribution in [2.45, 2.75) is 90.9 Å². The Morgan fingerprint density at radius 2 is 0.846 bits per heavy atom. The van der Waals surface area contributed by atoms with Gasteiger partial charge in [0.25, 0.3) is 0 Å². The van der Waals surface area contributed by atoms with Crippen molar-refractivity contribution in [3.8, 4) is 0 Å². The number of rotatable bonds is 15. The molecule has 0 unspecified atom stereocenters. The van der Waals surface area contributed by atoms with Crippen LogP contribution in [0.25, 0.3) is 0 Å². The zero-order valence-corrected chi connectivity index (χ0v) is 17.6. The third-order valence-electron chi connectivity index (χ3n) is 3.53. The first-order chi connectivity index (χ1) is 12.3. The second kappa shape index (κ2) is 27.0. The van der Waals surface area contributed by atoms with E-state index in [1.165, 1.54) is 77.0 Å². The van der Waals surface area contributed by atoms with E-state index in [2.05, 4.69) is 19.2 Å². The van der Waals surface area contributed by atoms with Crippen LogP contribution in [0.5, 0.6) is 0 Å². The highest BCUT2D eigenvalue weighted by Gasteiger charge is 1.91. The van der Waals surface area contributed by atoms with Crippen LogP contribution in [0.15, 0.2) is 0 Å². The molecule has 26 heavy (non-hydrogen) atoms. The van der Waals surface area contributed by atoms with Gasteiger partial charge in [-0.15, -0.1) is 0 Å². The first-order valence-electron chi connectivity index (χ1n) is 9.95. The van der Waals surface area contributed by atoms with E-state index < -0.39 is 10.4 Å². The van der Waals surface area contributed by atoms with Crippen molar-refractivity contribution in [3.05, 3.63) is 0 Å². The Balaban J connectivity index is -0.000000366. The first kappa shape index (κ1) is 30.5. The van der Waals surface area contributed by atoms with E-state index >= 15 is 0 Å². The highest BCUT2D eigenvalue weighted by molar-refractivity contribution is 7.79. The summed E-state index contributed by atoms with van der Waals surface area (Å²) < 4.78 is 31.6. The smallest absolute Gasteiger partial charge is 0.394 e. The number of nitrogens with one attached hydrogen (secondary N) is 1. The van der Waals surface area contributed by atoms with Crippen LogP contribution in [0, 0.1) is 0 Å². The van der Waals surface area contributed by atoms with E-state index in [1.807, 2.05) is 0 Å². The van der Waals surface area contributed by atoms with Gasteiger partial charge in [-0.1, -0.05) is 90.9 Å². The molecule has 0 rings (SSSR count). The molecule has 0 aromatic heterocycles. The summed E-state index contributed by atoms with van der Waals surface area (Å²) in [7, 11) is -4.67. The summed E-state index contributed by atoms with van der Waals surface area (Å²) in [6.07, 6.45) is 17.4. The third kappa shape index (κ3) is 56.5. The van der Waals surface area contributed by atoms with E-state index in [4.69, 9.17) is 27.7 Å². The average Bonchev–Trinajstić information content (AvgIpc) is 2.56. The van der Waals surface area contributed by atoms with Gasteiger partial charge in [-0.3, -0.25) is 9.11 Å². The van der Waals surface area contributed by atoms with Crippen molar-refractivity contribution in [3.63, 3.8) is 0 Å². The summed E-state index contributed by atoms with van der Waals surface area (Å²) in [6.45, 7) is 5.99. The molecule has 0 aliphatic heterocycles. The van der Waals surface area contributed by atoms with Crippen LogP contribution in [0.4, 0.5) is 0 Å². The molecular weight excluding hydrogens is 358 g/mol. The van der Waals surface area contributed by atoms with Gasteiger partial charge in [0.05, 0.1) is 13.2 Å². The standard InChI is InChI=1S/C14H30.C4H11NO2.H2O4S/c1-3-5-7-9-11-13-14-12-10-8-6-4-2;6-3-1-5-2-4-7;1-5(2,3)4/h3-14H2,1-2H3;5-7H,1-4H2;(H2,1,2,3,4). The van der Waals surface area contributed by atoms with Gasteiger partial charge in [-0.2, -0.15) is 8.42 Å². The monoisotopic (exact) mass is 401 g/mol. The number of aliphatic hydroxyl groups excluding tert-OH is 2. The zero-order valence-electron chi connectivity index (χ0n) is 16.8. The maximum Gasteiger partial charge on any atom is 0.394 e. The molecule has 0 bridgehead atoms. The van der Waals surface area contributed by atoms with Gasteiger partial charge in [0.2, 0.25) is 0 Å². The molecule has 0 aliphatic rings. The van der Waals surface area contributed by atoms with Gasteiger partial charge in [0, 0.05) is 13.1 Å². The highest BCUT2D eigenvalue weighted by Crippen LogP contribution is 2.11. The lowest BCUT2D eigenvalue weighted by Gasteiger charge is -2.01. The molecule has 5 N–H and O–H groups in total. The first-order valence-corrected chi connectivity index (χ1v) is 11.3. The lowest BCUT2D eigenvalue weighted by molar-refractivity contribution is 0.266. The van der Waals surface area contributed by atoms with Crippen LogP contribution in [-0.2, 0) is 10.4 Å². The van der Waals surface area contributed by atoms with Crippen LogP contribution < -0.4 is 5.32 Å². The van der Waals surface area contributed by atoms with Gasteiger partial charge in [0.1, 0.15) is 0 Å². The Kier molecular flexibility index (Phi) is 31.6. The Hall–Kier alpha value is -0.250. The molecule has 0 aliphatic carbocycles. The highest BCUT2D eigenvalue weighted by atomic mass is 32.3. The lowest BCUT2D eigenvalue weighted by atomic mass is 10.1. The van der Waals surface area contributed by atoms with Crippen molar-refractivity contribution in [1.29, 1.82) is 0 Å². The number of aliphatic hydroxyl groups is 2. The van der Waals surface area contributed by atoms with Crippen molar-refractivity contribution in [2.75, 3.05) is 26.3 Å². The summed E-state index contributed by atoms with van der Waals surface area (Å²) in [6, 6.07) is 0. The SMILES string of the molecule is CCCCCCCCCCCCCC.O=S(=O)(O)O.OCCNCCO. The fraction of sp³-hybridized carbons (Fsp3) is 1.00. The molecule has 0 radical (unpaired) electrons. The van der Waals surface area contributed by atoms with Crippen molar-refractivity contribution in [1.82, 2.24) is 5.32 Å². The molecule has 0 heterocycles. The van der Waals surface area contributed by atoms with Gasteiger partial charge >= 0.3 is 10.4 Å². The van der Waals surface area contributed by atoms with E-state index in [9.17, 15) is 0 Å². The van der Waals surface area contributed by atoms with E-state index in [1.54, 1.807) is 0 Å². The Morgan fingerprint density at radius 1 is 0.615 bits per heavy atom. The van der Waals surface area contributed by atoms with Crippen LogP contribution in [0.1, 0.15) is 90.9 Å². The lowest BCUT2D eigenvalue weighted by Crippen LogP contribution is -2.21. The normalized spacial score (nSPS) is 10.5. The van der Waals surface area contributed by atoms with Gasteiger partial charge < -0.3 is 15.5 Å². The summed E-state index contributed by atoms with van der Waals surface area (Å²) in [5, 5.41) is 19.1. The summed E-state index contributed by atoms with van der Waals surface area (Å²) >= 11 is 0.